The maximum atomic E-state index is 10.8. The third kappa shape index (κ3) is 1.22. The molecule has 1 aromatic rings. The molecule has 1 amide bonds. The fourth-order valence-electron chi connectivity index (χ4n) is 1.32. The highest BCUT2D eigenvalue weighted by Crippen LogP contribution is 2.47. The first-order chi connectivity index (χ1) is 5.68. The lowest BCUT2D eigenvalue weighted by atomic mass is 10.3. The number of primary amides is 1. The van der Waals surface area contributed by atoms with Gasteiger partial charge in [-0.25, -0.2) is 4.98 Å². The van der Waals surface area contributed by atoms with Gasteiger partial charge in [0.2, 0.25) is 5.91 Å². The molecule has 0 bridgehead atoms. The second kappa shape index (κ2) is 2.55. The Labute approximate surface area is 74.6 Å². The van der Waals surface area contributed by atoms with Crippen LogP contribution in [0, 0.1) is 12.8 Å². The number of aromatic nitrogens is 1. The molecule has 0 aliphatic heterocycles. The molecular formula is C8H10N2OS. The normalized spacial score (nSPS) is 27.1. The van der Waals surface area contributed by atoms with E-state index in [0.717, 1.165) is 17.1 Å². The van der Waals surface area contributed by atoms with E-state index < -0.39 is 0 Å². The lowest BCUT2D eigenvalue weighted by Gasteiger charge is -1.89. The van der Waals surface area contributed by atoms with Gasteiger partial charge in [0.15, 0.2) is 0 Å². The van der Waals surface area contributed by atoms with Crippen LogP contribution in [-0.4, -0.2) is 10.9 Å². The van der Waals surface area contributed by atoms with Crippen LogP contribution in [0.25, 0.3) is 0 Å². The Morgan fingerprint density at radius 1 is 1.83 bits per heavy atom. The Bertz CT molecular complexity index is 321. The van der Waals surface area contributed by atoms with Gasteiger partial charge >= 0.3 is 0 Å². The van der Waals surface area contributed by atoms with Crippen LogP contribution < -0.4 is 5.73 Å². The average Bonchev–Trinajstić information content (AvgIpc) is 2.70. The van der Waals surface area contributed by atoms with Crippen LogP contribution >= 0.6 is 11.3 Å². The lowest BCUT2D eigenvalue weighted by molar-refractivity contribution is -0.119. The first kappa shape index (κ1) is 7.73. The van der Waals surface area contributed by atoms with Crippen LogP contribution in [0.15, 0.2) is 5.38 Å². The first-order valence-corrected chi connectivity index (χ1v) is 4.78. The van der Waals surface area contributed by atoms with Crippen LogP contribution in [0.2, 0.25) is 0 Å². The maximum absolute atomic E-state index is 10.8. The molecule has 2 N–H and O–H groups in total. The molecule has 1 aromatic heterocycles. The lowest BCUT2D eigenvalue weighted by Crippen LogP contribution is -2.13. The second-order valence-electron chi connectivity index (χ2n) is 3.18. The van der Waals surface area contributed by atoms with Crippen LogP contribution in [-0.2, 0) is 4.79 Å². The topological polar surface area (TPSA) is 56.0 Å². The quantitative estimate of drug-likeness (QED) is 0.743. The van der Waals surface area contributed by atoms with Crippen LogP contribution in [0.5, 0.6) is 0 Å². The van der Waals surface area contributed by atoms with E-state index in [4.69, 9.17) is 5.73 Å². The number of amides is 1. The van der Waals surface area contributed by atoms with Crippen LogP contribution in [0.4, 0.5) is 0 Å². The molecule has 4 heteroatoms. The Balaban J connectivity index is 2.10. The summed E-state index contributed by atoms with van der Waals surface area (Å²) in [6, 6.07) is 0. The number of thiazole rings is 1. The molecular weight excluding hydrogens is 172 g/mol. The number of hydrogen-bond acceptors (Lipinski definition) is 3. The third-order valence-corrected chi connectivity index (χ3v) is 3.20. The summed E-state index contributed by atoms with van der Waals surface area (Å²) in [4.78, 5) is 15.1. The van der Waals surface area contributed by atoms with Crippen molar-refractivity contribution in [3.63, 3.8) is 0 Å². The number of rotatable bonds is 2. The Kier molecular flexibility index (Phi) is 1.65. The van der Waals surface area contributed by atoms with Crippen molar-refractivity contribution < 1.29 is 4.79 Å². The smallest absolute Gasteiger partial charge is 0.221 e. The number of aryl methyl sites for hydroxylation is 1. The van der Waals surface area contributed by atoms with Crippen molar-refractivity contribution in [1.29, 1.82) is 0 Å². The van der Waals surface area contributed by atoms with Gasteiger partial charge in [0.25, 0.3) is 0 Å². The fourth-order valence-corrected chi connectivity index (χ4v) is 2.30. The summed E-state index contributed by atoms with van der Waals surface area (Å²) in [6.45, 7) is 1.96. The molecule has 2 rings (SSSR count). The molecule has 1 fully saturated rings. The zero-order valence-corrected chi connectivity index (χ0v) is 7.60. The molecule has 2 atom stereocenters. The number of carbonyl (C=O) groups is 1. The summed E-state index contributed by atoms with van der Waals surface area (Å²) in [7, 11) is 0. The number of nitrogens with zero attached hydrogens (tertiary/aromatic N) is 1. The molecule has 0 aromatic carbocycles. The SMILES string of the molecule is Cc1csc([C@H]2C[C@@H]2C(N)=O)n1. The predicted octanol–water partition coefficient (Wildman–Crippen LogP) is 1.04. The van der Waals surface area contributed by atoms with E-state index in [9.17, 15) is 4.79 Å². The van der Waals surface area contributed by atoms with Gasteiger partial charge < -0.3 is 5.73 Å². The molecule has 1 aliphatic carbocycles. The van der Waals surface area contributed by atoms with Gasteiger partial charge in [-0.1, -0.05) is 0 Å². The average molecular weight is 182 g/mol. The standard InChI is InChI=1S/C8H10N2OS/c1-4-3-12-8(10-4)6-2-5(6)7(9)11/h3,5-6H,2H2,1H3,(H2,9,11)/t5-,6-/m0/s1. The van der Waals surface area contributed by atoms with Crippen LogP contribution in [0.3, 0.4) is 0 Å². The summed E-state index contributed by atoms with van der Waals surface area (Å²) in [5.74, 6) is 0.185. The zero-order valence-electron chi connectivity index (χ0n) is 6.78. The van der Waals surface area contributed by atoms with Gasteiger partial charge in [-0.3, -0.25) is 4.79 Å². The number of nitrogens with two attached hydrogens (primary N) is 1. The van der Waals surface area contributed by atoms with Gasteiger partial charge in [-0.05, 0) is 13.3 Å². The van der Waals surface area contributed by atoms with E-state index in [0.29, 0.717) is 5.92 Å². The molecule has 1 aliphatic rings. The molecule has 0 saturated heterocycles. The molecule has 64 valence electrons. The largest absolute Gasteiger partial charge is 0.369 e. The molecule has 0 radical (unpaired) electrons. The second-order valence-corrected chi connectivity index (χ2v) is 4.07. The van der Waals surface area contributed by atoms with Crippen LogP contribution in [0.1, 0.15) is 23.0 Å². The Morgan fingerprint density at radius 3 is 3.00 bits per heavy atom. The molecule has 0 unspecified atom stereocenters. The minimum atomic E-state index is -0.187. The van der Waals surface area contributed by atoms with Crippen molar-refractivity contribution >= 4 is 17.2 Å². The van der Waals surface area contributed by atoms with Crippen molar-refractivity contribution in [2.24, 2.45) is 11.7 Å². The molecule has 1 saturated carbocycles. The van der Waals surface area contributed by atoms with Gasteiger partial charge in [0.05, 0.1) is 5.01 Å². The molecule has 3 nitrogen and oxygen atoms in total. The zero-order chi connectivity index (χ0) is 8.72. The monoisotopic (exact) mass is 182 g/mol. The summed E-state index contributed by atoms with van der Waals surface area (Å²) in [5.41, 5.74) is 6.20. The minimum absolute atomic E-state index is 0.0514. The van der Waals surface area contributed by atoms with Crippen molar-refractivity contribution in [3.8, 4) is 0 Å². The number of hydrogen-bond donors (Lipinski definition) is 1. The molecule has 12 heavy (non-hydrogen) atoms. The van der Waals surface area contributed by atoms with E-state index in [1.807, 2.05) is 12.3 Å². The summed E-state index contributed by atoms with van der Waals surface area (Å²) >= 11 is 1.62. The predicted molar refractivity (Wildman–Crippen MR) is 46.9 cm³/mol. The van der Waals surface area contributed by atoms with Crippen molar-refractivity contribution in [2.75, 3.05) is 0 Å². The van der Waals surface area contributed by atoms with Gasteiger partial charge in [-0.15, -0.1) is 11.3 Å². The van der Waals surface area contributed by atoms with E-state index in [1.54, 1.807) is 11.3 Å². The van der Waals surface area contributed by atoms with Crippen molar-refractivity contribution in [1.82, 2.24) is 4.98 Å². The highest BCUT2D eigenvalue weighted by Gasteiger charge is 2.44. The van der Waals surface area contributed by atoms with E-state index in [2.05, 4.69) is 4.98 Å². The molecule has 1 heterocycles. The van der Waals surface area contributed by atoms with Gasteiger partial charge in [-0.2, -0.15) is 0 Å². The highest BCUT2D eigenvalue weighted by molar-refractivity contribution is 7.09. The Hall–Kier alpha value is -0.900. The summed E-state index contributed by atoms with van der Waals surface area (Å²) in [6.07, 6.45) is 0.891. The third-order valence-electron chi connectivity index (χ3n) is 2.11. The first-order valence-electron chi connectivity index (χ1n) is 3.90. The van der Waals surface area contributed by atoms with Crippen molar-refractivity contribution in [2.45, 2.75) is 19.3 Å². The maximum Gasteiger partial charge on any atom is 0.221 e. The van der Waals surface area contributed by atoms with Crippen molar-refractivity contribution in [3.05, 3.63) is 16.1 Å². The van der Waals surface area contributed by atoms with E-state index >= 15 is 0 Å². The summed E-state index contributed by atoms with van der Waals surface area (Å²) < 4.78 is 0. The van der Waals surface area contributed by atoms with Gasteiger partial charge in [0.1, 0.15) is 0 Å². The fraction of sp³-hybridized carbons (Fsp3) is 0.500. The van der Waals surface area contributed by atoms with Gasteiger partial charge in [0, 0.05) is 22.9 Å². The Morgan fingerprint density at radius 2 is 2.58 bits per heavy atom. The van der Waals surface area contributed by atoms with E-state index in [-0.39, 0.29) is 11.8 Å². The number of carbonyl (C=O) groups excluding carboxylic acids is 1. The van der Waals surface area contributed by atoms with E-state index in [1.165, 1.54) is 0 Å². The highest BCUT2D eigenvalue weighted by atomic mass is 32.1. The minimum Gasteiger partial charge on any atom is -0.369 e. The summed E-state index contributed by atoms with van der Waals surface area (Å²) in [5, 5.41) is 3.07. The molecule has 0 spiro atoms.